The molecule has 0 saturated carbocycles. The van der Waals surface area contributed by atoms with Gasteiger partial charge in [-0.2, -0.15) is 0 Å². The molecule has 0 amide bonds. The summed E-state index contributed by atoms with van der Waals surface area (Å²) in [4.78, 5) is 4.45. The molecule has 1 aromatic rings. The highest BCUT2D eigenvalue weighted by Gasteiger charge is 2.08. The summed E-state index contributed by atoms with van der Waals surface area (Å²) in [6.07, 6.45) is 3.83. The van der Waals surface area contributed by atoms with Gasteiger partial charge in [-0.25, -0.2) is 0 Å². The maximum Gasteiger partial charge on any atom is 0.0655 e. The lowest BCUT2D eigenvalue weighted by molar-refractivity contribution is 0.696. The summed E-state index contributed by atoms with van der Waals surface area (Å²) >= 11 is 0. The van der Waals surface area contributed by atoms with Crippen LogP contribution in [0, 0.1) is 12.3 Å². The summed E-state index contributed by atoms with van der Waals surface area (Å²) in [5, 5.41) is 0. The Bertz CT molecular complexity index is 348. The first kappa shape index (κ1) is 10.7. The van der Waals surface area contributed by atoms with Gasteiger partial charge >= 0.3 is 0 Å². The van der Waals surface area contributed by atoms with Crippen LogP contribution < -0.4 is 0 Å². The Morgan fingerprint density at radius 1 is 1.29 bits per heavy atom. The molecule has 0 atom stereocenters. The van der Waals surface area contributed by atoms with Crippen molar-refractivity contribution >= 4 is 11.9 Å². The number of para-hydroxylation sites is 1. The topological polar surface area (TPSA) is 12.4 Å². The number of allylic oxidation sites excluding steroid dienone is 1. The number of hydrogen-bond acceptors (Lipinski definition) is 1. The van der Waals surface area contributed by atoms with E-state index in [9.17, 15) is 0 Å². The third-order valence-electron chi connectivity index (χ3n) is 2.18. The fraction of sp³-hybridized carbons (Fsp3) is 0.308. The number of aliphatic imine (C=N–C) groups is 1. The molecule has 0 heterocycles. The Kier molecular flexibility index (Phi) is 3.23. The Morgan fingerprint density at radius 2 is 1.93 bits per heavy atom. The van der Waals surface area contributed by atoms with Gasteiger partial charge in [0.25, 0.3) is 0 Å². The van der Waals surface area contributed by atoms with E-state index in [1.165, 1.54) is 5.56 Å². The van der Waals surface area contributed by atoms with Crippen LogP contribution in [-0.4, -0.2) is 6.21 Å². The average molecular weight is 187 g/mol. The smallest absolute Gasteiger partial charge is 0.0655 e. The standard InChI is InChI=1S/C13H17N/c1-5-13(3,4)10-14-12-9-7-6-8-11(12)2/h5-10H,1H2,2-4H3. The first-order chi connectivity index (χ1) is 6.55. The van der Waals surface area contributed by atoms with Gasteiger partial charge in [-0.1, -0.05) is 38.1 Å². The predicted molar refractivity (Wildman–Crippen MR) is 63.3 cm³/mol. The van der Waals surface area contributed by atoms with E-state index >= 15 is 0 Å². The van der Waals surface area contributed by atoms with Crippen LogP contribution in [0.15, 0.2) is 41.9 Å². The molecule has 74 valence electrons. The highest BCUT2D eigenvalue weighted by molar-refractivity contribution is 5.71. The molecular formula is C13H17N. The van der Waals surface area contributed by atoms with Crippen LogP contribution in [0.1, 0.15) is 19.4 Å². The number of aryl methyl sites for hydroxylation is 1. The third kappa shape index (κ3) is 2.84. The number of benzene rings is 1. The Balaban J connectivity index is 2.89. The second-order valence-corrected chi connectivity index (χ2v) is 4.07. The van der Waals surface area contributed by atoms with Crippen molar-refractivity contribution in [1.29, 1.82) is 0 Å². The minimum Gasteiger partial charge on any atom is -0.260 e. The molecule has 0 N–H and O–H groups in total. The van der Waals surface area contributed by atoms with Crippen molar-refractivity contribution in [2.45, 2.75) is 20.8 Å². The Labute approximate surface area is 86.2 Å². The quantitative estimate of drug-likeness (QED) is 0.502. The van der Waals surface area contributed by atoms with Crippen LogP contribution in [0.5, 0.6) is 0 Å². The SMILES string of the molecule is C=CC(C)(C)C=Nc1ccccc1C. The molecule has 1 rings (SSSR count). The molecule has 0 aliphatic carbocycles. The van der Waals surface area contributed by atoms with E-state index in [-0.39, 0.29) is 5.41 Å². The maximum absolute atomic E-state index is 4.45. The molecule has 1 aromatic carbocycles. The maximum atomic E-state index is 4.45. The molecule has 0 saturated heterocycles. The monoisotopic (exact) mass is 187 g/mol. The van der Waals surface area contributed by atoms with Gasteiger partial charge in [-0.05, 0) is 18.6 Å². The van der Waals surface area contributed by atoms with Crippen molar-refractivity contribution in [2.24, 2.45) is 10.4 Å². The van der Waals surface area contributed by atoms with Crippen molar-refractivity contribution in [1.82, 2.24) is 0 Å². The second kappa shape index (κ2) is 4.23. The lowest BCUT2D eigenvalue weighted by atomic mass is 9.96. The predicted octanol–water partition coefficient (Wildman–Crippen LogP) is 3.91. The van der Waals surface area contributed by atoms with Crippen molar-refractivity contribution < 1.29 is 0 Å². The van der Waals surface area contributed by atoms with Crippen molar-refractivity contribution in [3.8, 4) is 0 Å². The molecule has 0 aromatic heterocycles. The lowest BCUT2D eigenvalue weighted by Gasteiger charge is -2.12. The number of nitrogens with zero attached hydrogens (tertiary/aromatic N) is 1. The molecule has 1 heteroatoms. The van der Waals surface area contributed by atoms with E-state index in [4.69, 9.17) is 0 Å². The van der Waals surface area contributed by atoms with Crippen molar-refractivity contribution in [3.05, 3.63) is 42.5 Å². The molecule has 0 fully saturated rings. The zero-order valence-corrected chi connectivity index (χ0v) is 9.12. The van der Waals surface area contributed by atoms with Crippen LogP contribution in [0.2, 0.25) is 0 Å². The number of rotatable bonds is 3. The van der Waals surface area contributed by atoms with E-state index < -0.39 is 0 Å². The highest BCUT2D eigenvalue weighted by atomic mass is 14.7. The zero-order valence-electron chi connectivity index (χ0n) is 9.12. The molecule has 0 aliphatic heterocycles. The van der Waals surface area contributed by atoms with Crippen LogP contribution in [0.25, 0.3) is 0 Å². The van der Waals surface area contributed by atoms with Gasteiger partial charge < -0.3 is 0 Å². The zero-order chi connectivity index (χ0) is 10.6. The third-order valence-corrected chi connectivity index (χ3v) is 2.18. The number of hydrogen-bond donors (Lipinski definition) is 0. The molecule has 0 aliphatic rings. The molecule has 0 unspecified atom stereocenters. The van der Waals surface area contributed by atoms with Gasteiger partial charge in [-0.15, -0.1) is 6.58 Å². The second-order valence-electron chi connectivity index (χ2n) is 4.07. The van der Waals surface area contributed by atoms with Gasteiger partial charge in [0.05, 0.1) is 5.69 Å². The Morgan fingerprint density at radius 3 is 2.50 bits per heavy atom. The molecule has 0 spiro atoms. The summed E-state index contributed by atoms with van der Waals surface area (Å²) < 4.78 is 0. The molecule has 1 nitrogen and oxygen atoms in total. The normalized spacial score (nSPS) is 11.9. The van der Waals surface area contributed by atoms with Crippen molar-refractivity contribution in [3.63, 3.8) is 0 Å². The van der Waals surface area contributed by atoms with Crippen molar-refractivity contribution in [2.75, 3.05) is 0 Å². The fourth-order valence-corrected chi connectivity index (χ4v) is 0.997. The van der Waals surface area contributed by atoms with E-state index in [0.717, 1.165) is 5.69 Å². The Hall–Kier alpha value is -1.37. The van der Waals surface area contributed by atoms with Gasteiger partial charge in [0, 0.05) is 11.6 Å². The summed E-state index contributed by atoms with van der Waals surface area (Å²) in [5.41, 5.74) is 2.19. The van der Waals surface area contributed by atoms with Crippen LogP contribution in [0.4, 0.5) is 5.69 Å². The van der Waals surface area contributed by atoms with Crippen LogP contribution >= 0.6 is 0 Å². The van der Waals surface area contributed by atoms with Crippen LogP contribution in [-0.2, 0) is 0 Å². The largest absolute Gasteiger partial charge is 0.260 e. The average Bonchev–Trinajstić information content (AvgIpc) is 2.17. The summed E-state index contributed by atoms with van der Waals surface area (Å²) in [5.74, 6) is 0. The van der Waals surface area contributed by atoms with E-state index in [1.54, 1.807) is 0 Å². The molecular weight excluding hydrogens is 170 g/mol. The minimum atomic E-state index is -0.0394. The fourth-order valence-electron chi connectivity index (χ4n) is 0.997. The van der Waals surface area contributed by atoms with Gasteiger partial charge in [0.15, 0.2) is 0 Å². The first-order valence-electron chi connectivity index (χ1n) is 4.79. The van der Waals surface area contributed by atoms with Gasteiger partial charge in [0.2, 0.25) is 0 Å². The molecule has 0 bridgehead atoms. The summed E-state index contributed by atoms with van der Waals surface area (Å²) in [6.45, 7) is 10.0. The molecule has 14 heavy (non-hydrogen) atoms. The van der Waals surface area contributed by atoms with Gasteiger partial charge in [-0.3, -0.25) is 4.99 Å². The van der Waals surface area contributed by atoms with Gasteiger partial charge in [0.1, 0.15) is 0 Å². The lowest BCUT2D eigenvalue weighted by Crippen LogP contribution is -2.07. The summed E-state index contributed by atoms with van der Waals surface area (Å²) in [7, 11) is 0. The minimum absolute atomic E-state index is 0.0394. The van der Waals surface area contributed by atoms with E-state index in [1.807, 2.05) is 30.5 Å². The van der Waals surface area contributed by atoms with E-state index in [0.29, 0.717) is 0 Å². The summed E-state index contributed by atoms with van der Waals surface area (Å²) in [6, 6.07) is 8.10. The first-order valence-corrected chi connectivity index (χ1v) is 4.79. The van der Waals surface area contributed by atoms with E-state index in [2.05, 4.69) is 38.4 Å². The van der Waals surface area contributed by atoms with Crippen LogP contribution in [0.3, 0.4) is 0 Å². The highest BCUT2D eigenvalue weighted by Crippen LogP contribution is 2.20. The molecule has 0 radical (unpaired) electrons.